The van der Waals surface area contributed by atoms with Crippen molar-refractivity contribution in [3.05, 3.63) is 0 Å². The number of rotatable bonds is 1. The summed E-state index contributed by atoms with van der Waals surface area (Å²) in [6.45, 7) is 5.22. The van der Waals surface area contributed by atoms with Crippen molar-refractivity contribution in [2.45, 2.75) is 49.9 Å². The second-order valence-corrected chi connectivity index (χ2v) is 5.88. The van der Waals surface area contributed by atoms with Crippen LogP contribution in [0.2, 0.25) is 0 Å². The maximum absolute atomic E-state index is 9.82. The molecule has 17 heavy (non-hydrogen) atoms. The third kappa shape index (κ3) is 2.50. The Labute approximate surface area is 103 Å². The van der Waals surface area contributed by atoms with Gasteiger partial charge >= 0.3 is 0 Å². The van der Waals surface area contributed by atoms with Crippen LogP contribution in [0.4, 0.5) is 0 Å². The van der Waals surface area contributed by atoms with E-state index in [2.05, 4.69) is 10.2 Å². The Morgan fingerprint density at radius 1 is 1.24 bits per heavy atom. The van der Waals surface area contributed by atoms with E-state index in [4.69, 9.17) is 4.74 Å². The molecule has 0 aliphatic carbocycles. The first-order valence-electron chi connectivity index (χ1n) is 7.04. The van der Waals surface area contributed by atoms with Crippen molar-refractivity contribution in [3.63, 3.8) is 0 Å². The summed E-state index contributed by atoms with van der Waals surface area (Å²) >= 11 is 0. The molecule has 4 nitrogen and oxygen atoms in total. The highest BCUT2D eigenvalue weighted by atomic mass is 16.5. The molecular formula is C13H24N2O2. The maximum atomic E-state index is 9.82. The SMILES string of the molecule is OC1CCOC2(CCN(C3CCNCC3)C2)C1. The van der Waals surface area contributed by atoms with Crippen LogP contribution in [-0.2, 0) is 4.74 Å². The molecule has 2 atom stereocenters. The lowest BCUT2D eigenvalue weighted by Crippen LogP contribution is -2.47. The summed E-state index contributed by atoms with van der Waals surface area (Å²) in [5.41, 5.74) is -0.0253. The number of hydrogen-bond acceptors (Lipinski definition) is 4. The van der Waals surface area contributed by atoms with E-state index in [1.165, 1.54) is 12.8 Å². The molecule has 0 aromatic heterocycles. The standard InChI is InChI=1S/C13H24N2O2/c16-12-3-8-17-13(9-12)4-7-15(10-13)11-1-5-14-6-2-11/h11-12,14,16H,1-10H2. The van der Waals surface area contributed by atoms with Gasteiger partial charge in [-0.1, -0.05) is 0 Å². The highest BCUT2D eigenvalue weighted by Crippen LogP contribution is 2.35. The van der Waals surface area contributed by atoms with Gasteiger partial charge in [0.1, 0.15) is 0 Å². The Morgan fingerprint density at radius 2 is 2.06 bits per heavy atom. The predicted octanol–water partition coefficient (Wildman–Crippen LogP) is 0.354. The van der Waals surface area contributed by atoms with Gasteiger partial charge in [0.15, 0.2) is 0 Å². The van der Waals surface area contributed by atoms with Crippen LogP contribution in [0.5, 0.6) is 0 Å². The summed E-state index contributed by atoms with van der Waals surface area (Å²) in [7, 11) is 0. The predicted molar refractivity (Wildman–Crippen MR) is 66.0 cm³/mol. The van der Waals surface area contributed by atoms with Gasteiger partial charge in [-0.05, 0) is 38.8 Å². The molecule has 0 radical (unpaired) electrons. The van der Waals surface area contributed by atoms with Gasteiger partial charge in [0.05, 0.1) is 11.7 Å². The van der Waals surface area contributed by atoms with Crippen LogP contribution in [0.1, 0.15) is 32.1 Å². The Bertz CT molecular complexity index is 268. The summed E-state index contributed by atoms with van der Waals surface area (Å²) in [4.78, 5) is 2.60. The third-order valence-electron chi connectivity index (χ3n) is 4.64. The Hall–Kier alpha value is -0.160. The molecule has 1 spiro atoms. The summed E-state index contributed by atoms with van der Waals surface area (Å²) in [6, 6.07) is 0.735. The molecule has 0 saturated carbocycles. The molecule has 3 rings (SSSR count). The third-order valence-corrected chi connectivity index (χ3v) is 4.64. The normalized spacial score (nSPS) is 41.1. The van der Waals surface area contributed by atoms with Crippen molar-refractivity contribution in [3.8, 4) is 0 Å². The van der Waals surface area contributed by atoms with Gasteiger partial charge in [-0.15, -0.1) is 0 Å². The summed E-state index contributed by atoms with van der Waals surface area (Å²) in [5.74, 6) is 0. The lowest BCUT2D eigenvalue weighted by atomic mass is 9.91. The van der Waals surface area contributed by atoms with Gasteiger partial charge in [0, 0.05) is 32.2 Å². The molecule has 0 aromatic rings. The van der Waals surface area contributed by atoms with E-state index in [0.717, 1.165) is 58.1 Å². The van der Waals surface area contributed by atoms with Gasteiger partial charge < -0.3 is 15.2 Å². The van der Waals surface area contributed by atoms with Crippen LogP contribution < -0.4 is 5.32 Å². The van der Waals surface area contributed by atoms with Crippen molar-refractivity contribution >= 4 is 0 Å². The molecule has 3 aliphatic heterocycles. The number of nitrogens with one attached hydrogen (secondary N) is 1. The molecular weight excluding hydrogens is 216 g/mol. The fourth-order valence-corrected chi connectivity index (χ4v) is 3.65. The minimum absolute atomic E-state index is 0.0253. The number of piperidine rings is 1. The average Bonchev–Trinajstić information content (AvgIpc) is 2.74. The molecule has 3 aliphatic rings. The van der Waals surface area contributed by atoms with Crippen LogP contribution in [0.15, 0.2) is 0 Å². The second kappa shape index (κ2) is 4.84. The fourth-order valence-electron chi connectivity index (χ4n) is 3.65. The summed E-state index contributed by atoms with van der Waals surface area (Å²) < 4.78 is 6.00. The van der Waals surface area contributed by atoms with E-state index >= 15 is 0 Å². The first kappa shape index (κ1) is 11.9. The van der Waals surface area contributed by atoms with Crippen molar-refractivity contribution < 1.29 is 9.84 Å². The Balaban J connectivity index is 1.60. The highest BCUT2D eigenvalue weighted by Gasteiger charge is 2.44. The largest absolute Gasteiger partial charge is 0.393 e. The molecule has 3 heterocycles. The van der Waals surface area contributed by atoms with Crippen LogP contribution in [0, 0.1) is 0 Å². The Kier molecular flexibility index (Phi) is 3.39. The van der Waals surface area contributed by atoms with Gasteiger partial charge in [0.25, 0.3) is 0 Å². The molecule has 2 unspecified atom stereocenters. The zero-order valence-corrected chi connectivity index (χ0v) is 10.5. The van der Waals surface area contributed by atoms with Crippen LogP contribution in [0.25, 0.3) is 0 Å². The van der Waals surface area contributed by atoms with E-state index in [1.807, 2.05) is 0 Å². The minimum Gasteiger partial charge on any atom is -0.393 e. The van der Waals surface area contributed by atoms with Gasteiger partial charge in [-0.25, -0.2) is 0 Å². The molecule has 0 aromatic carbocycles. The number of likely N-dealkylation sites (tertiary alicyclic amines) is 1. The number of aliphatic hydroxyl groups is 1. The summed E-state index contributed by atoms with van der Waals surface area (Å²) in [6.07, 6.45) is 5.14. The van der Waals surface area contributed by atoms with Crippen LogP contribution >= 0.6 is 0 Å². The lowest BCUT2D eigenvalue weighted by Gasteiger charge is -2.38. The quantitative estimate of drug-likeness (QED) is 0.694. The molecule has 0 amide bonds. The minimum atomic E-state index is -0.142. The first-order chi connectivity index (χ1) is 8.27. The van der Waals surface area contributed by atoms with E-state index in [1.54, 1.807) is 0 Å². The Morgan fingerprint density at radius 3 is 2.82 bits per heavy atom. The van der Waals surface area contributed by atoms with E-state index in [-0.39, 0.29) is 11.7 Å². The highest BCUT2D eigenvalue weighted by molar-refractivity contribution is 4.98. The number of hydrogen-bond donors (Lipinski definition) is 2. The first-order valence-corrected chi connectivity index (χ1v) is 7.04. The smallest absolute Gasteiger partial charge is 0.0845 e. The number of aliphatic hydroxyl groups excluding tert-OH is 1. The van der Waals surface area contributed by atoms with Crippen molar-refractivity contribution in [1.82, 2.24) is 10.2 Å². The number of ether oxygens (including phenoxy) is 1. The van der Waals surface area contributed by atoms with E-state index in [9.17, 15) is 5.11 Å². The molecule has 3 saturated heterocycles. The van der Waals surface area contributed by atoms with Gasteiger partial charge in [0.2, 0.25) is 0 Å². The topological polar surface area (TPSA) is 44.7 Å². The maximum Gasteiger partial charge on any atom is 0.0845 e. The summed E-state index contributed by atoms with van der Waals surface area (Å²) in [5, 5.41) is 13.2. The molecule has 0 bridgehead atoms. The zero-order chi connectivity index (χ0) is 11.7. The monoisotopic (exact) mass is 240 g/mol. The van der Waals surface area contributed by atoms with Crippen molar-refractivity contribution in [2.24, 2.45) is 0 Å². The van der Waals surface area contributed by atoms with Crippen molar-refractivity contribution in [1.29, 1.82) is 0 Å². The fraction of sp³-hybridized carbons (Fsp3) is 1.00. The van der Waals surface area contributed by atoms with E-state index in [0.29, 0.717) is 0 Å². The van der Waals surface area contributed by atoms with Crippen LogP contribution in [-0.4, -0.2) is 60.5 Å². The molecule has 98 valence electrons. The zero-order valence-electron chi connectivity index (χ0n) is 10.5. The molecule has 2 N–H and O–H groups in total. The average molecular weight is 240 g/mol. The second-order valence-electron chi connectivity index (χ2n) is 5.88. The molecule has 4 heteroatoms. The van der Waals surface area contributed by atoms with E-state index < -0.39 is 0 Å². The number of nitrogens with zero attached hydrogens (tertiary/aromatic N) is 1. The van der Waals surface area contributed by atoms with Crippen molar-refractivity contribution in [2.75, 3.05) is 32.8 Å². The molecule has 3 fully saturated rings. The van der Waals surface area contributed by atoms with Gasteiger partial charge in [-0.2, -0.15) is 0 Å². The van der Waals surface area contributed by atoms with Crippen LogP contribution in [0.3, 0.4) is 0 Å². The lowest BCUT2D eigenvalue weighted by molar-refractivity contribution is -0.112. The van der Waals surface area contributed by atoms with Gasteiger partial charge in [-0.3, -0.25) is 4.90 Å².